The van der Waals surface area contributed by atoms with Crippen molar-refractivity contribution >= 4 is 41.7 Å². The Morgan fingerprint density at radius 3 is 2.06 bits per heavy atom. The molecule has 8 nitrogen and oxygen atoms in total. The highest BCUT2D eigenvalue weighted by Crippen LogP contribution is 2.37. The Morgan fingerprint density at radius 2 is 1.50 bits per heavy atom. The van der Waals surface area contributed by atoms with E-state index in [0.717, 1.165) is 10.4 Å². The van der Waals surface area contributed by atoms with Crippen molar-refractivity contribution in [1.29, 1.82) is 0 Å². The van der Waals surface area contributed by atoms with E-state index < -0.39 is 49.4 Å². The van der Waals surface area contributed by atoms with Crippen molar-refractivity contribution in [2.75, 3.05) is 19.8 Å². The van der Waals surface area contributed by atoms with Crippen LogP contribution in [0.15, 0.2) is 89.5 Å². The molecule has 256 valence electrons. The normalized spacial score (nSPS) is 17.7. The van der Waals surface area contributed by atoms with Crippen LogP contribution in [-0.4, -0.2) is 62.7 Å². The van der Waals surface area contributed by atoms with Crippen molar-refractivity contribution in [3.8, 4) is 0 Å². The highest BCUT2D eigenvalue weighted by molar-refractivity contribution is 6.99. The fraction of sp³-hybridized carbons (Fsp3) is 0.421. The van der Waals surface area contributed by atoms with E-state index in [9.17, 15) is 14.0 Å². The summed E-state index contributed by atoms with van der Waals surface area (Å²) >= 11 is 0. The predicted molar refractivity (Wildman–Crippen MR) is 187 cm³/mol. The average molecular weight is 675 g/mol. The standard InChI is InChI=1S/C38H47FN2O6Si/c1-36(2,3)47-35(43)41-23-32(34(42)40-38(7,8)30-19-20-31(39)29-21-22-44-33(29)30)45-24-26(41)25-46-48(37(4,5)6,27-15-11-9-12-16-27)28-17-13-10-14-18-28/h9-22,26,32H,23-25H2,1-8H3,(H,40,42)/t26-,32-/m0/s1. The second kappa shape index (κ2) is 13.5. The molecule has 0 aliphatic carbocycles. The number of hydrogen-bond donors (Lipinski definition) is 1. The molecule has 1 aliphatic heterocycles. The zero-order valence-corrected chi connectivity index (χ0v) is 30.1. The molecule has 3 aromatic carbocycles. The van der Waals surface area contributed by atoms with Crippen LogP contribution in [0.1, 0.15) is 61.0 Å². The molecule has 0 bridgehead atoms. The quantitative estimate of drug-likeness (QED) is 0.215. The van der Waals surface area contributed by atoms with Crippen LogP contribution < -0.4 is 15.7 Å². The van der Waals surface area contributed by atoms with E-state index in [2.05, 4.69) is 50.4 Å². The van der Waals surface area contributed by atoms with E-state index in [1.54, 1.807) is 17.0 Å². The van der Waals surface area contributed by atoms with E-state index in [1.807, 2.05) is 71.0 Å². The number of halogens is 1. The summed E-state index contributed by atoms with van der Waals surface area (Å²) in [6, 6.07) is 24.6. The van der Waals surface area contributed by atoms with Gasteiger partial charge in [0.1, 0.15) is 17.0 Å². The molecule has 1 aliphatic rings. The number of furan rings is 1. The van der Waals surface area contributed by atoms with E-state index in [0.29, 0.717) is 16.5 Å². The zero-order chi connectivity index (χ0) is 34.9. The summed E-state index contributed by atoms with van der Waals surface area (Å²) in [7, 11) is -2.92. The van der Waals surface area contributed by atoms with Gasteiger partial charge in [0.2, 0.25) is 0 Å². The minimum Gasteiger partial charge on any atom is -0.464 e. The van der Waals surface area contributed by atoms with Crippen molar-refractivity contribution in [2.45, 2.75) is 83.7 Å². The summed E-state index contributed by atoms with van der Waals surface area (Å²) in [6.07, 6.45) is -0.101. The van der Waals surface area contributed by atoms with Gasteiger partial charge in [-0.3, -0.25) is 9.69 Å². The number of amides is 2. The van der Waals surface area contributed by atoms with E-state index in [1.165, 1.54) is 12.3 Å². The minimum absolute atomic E-state index is 0.0365. The number of carbonyl (C=O) groups excluding carboxylic acids is 2. The molecule has 2 heterocycles. The van der Waals surface area contributed by atoms with E-state index in [4.69, 9.17) is 18.3 Å². The van der Waals surface area contributed by atoms with Crippen molar-refractivity contribution in [3.05, 3.63) is 96.5 Å². The van der Waals surface area contributed by atoms with Gasteiger partial charge >= 0.3 is 6.09 Å². The summed E-state index contributed by atoms with van der Waals surface area (Å²) in [4.78, 5) is 29.1. The Labute approximate surface area is 283 Å². The third-order valence-corrected chi connectivity index (χ3v) is 13.8. The van der Waals surface area contributed by atoms with Gasteiger partial charge < -0.3 is 23.6 Å². The lowest BCUT2D eigenvalue weighted by Gasteiger charge is -2.46. The molecule has 1 fully saturated rings. The van der Waals surface area contributed by atoms with Gasteiger partial charge in [0.25, 0.3) is 14.2 Å². The lowest BCUT2D eigenvalue weighted by Crippen LogP contribution is -2.68. The maximum atomic E-state index is 14.4. The second-order valence-electron chi connectivity index (χ2n) is 15.0. The van der Waals surface area contributed by atoms with Crippen molar-refractivity contribution in [3.63, 3.8) is 0 Å². The third kappa shape index (κ3) is 7.21. The maximum absolute atomic E-state index is 14.4. The Hall–Kier alpha value is -3.99. The van der Waals surface area contributed by atoms with Gasteiger partial charge in [0.05, 0.1) is 43.0 Å². The fourth-order valence-electron chi connectivity index (χ4n) is 6.50. The van der Waals surface area contributed by atoms with E-state index >= 15 is 0 Å². The Kier molecular flexibility index (Phi) is 9.92. The monoisotopic (exact) mass is 674 g/mol. The molecule has 5 rings (SSSR count). The summed E-state index contributed by atoms with van der Waals surface area (Å²) < 4.78 is 39.2. The number of morpholine rings is 1. The molecule has 1 N–H and O–H groups in total. The fourth-order valence-corrected chi connectivity index (χ4v) is 11.1. The molecular weight excluding hydrogens is 628 g/mol. The molecule has 4 aromatic rings. The second-order valence-corrected chi connectivity index (χ2v) is 19.3. The molecule has 10 heteroatoms. The van der Waals surface area contributed by atoms with Crippen LogP contribution in [0, 0.1) is 5.82 Å². The number of nitrogens with zero attached hydrogens (tertiary/aromatic N) is 1. The van der Waals surface area contributed by atoms with Crippen molar-refractivity contribution in [2.24, 2.45) is 0 Å². The molecule has 2 amide bonds. The minimum atomic E-state index is -2.92. The van der Waals surface area contributed by atoms with Gasteiger partial charge in [0, 0.05) is 5.56 Å². The van der Waals surface area contributed by atoms with Gasteiger partial charge in [-0.25, -0.2) is 9.18 Å². The topological polar surface area (TPSA) is 90.2 Å². The number of hydrogen-bond acceptors (Lipinski definition) is 6. The van der Waals surface area contributed by atoms with Crippen LogP contribution in [0.3, 0.4) is 0 Å². The van der Waals surface area contributed by atoms with Crippen LogP contribution in [0.25, 0.3) is 11.0 Å². The molecule has 0 unspecified atom stereocenters. The molecule has 1 aromatic heterocycles. The first kappa shape index (κ1) is 35.3. The molecule has 0 saturated carbocycles. The predicted octanol–water partition coefficient (Wildman–Crippen LogP) is 6.50. The number of ether oxygens (including phenoxy) is 2. The Bertz CT molecular complexity index is 1690. The summed E-state index contributed by atoms with van der Waals surface area (Å²) in [5.41, 5.74) is -0.714. The zero-order valence-electron chi connectivity index (χ0n) is 29.1. The summed E-state index contributed by atoms with van der Waals surface area (Å²) in [5, 5.41) is 5.35. The third-order valence-electron chi connectivity index (χ3n) is 8.80. The van der Waals surface area contributed by atoms with Crippen LogP contribution in [-0.2, 0) is 24.2 Å². The first-order valence-electron chi connectivity index (χ1n) is 16.4. The first-order valence-corrected chi connectivity index (χ1v) is 18.3. The molecular formula is C38H47FN2O6Si. The largest absolute Gasteiger partial charge is 0.464 e. The van der Waals surface area contributed by atoms with Crippen molar-refractivity contribution < 1.29 is 32.3 Å². The van der Waals surface area contributed by atoms with Crippen LogP contribution >= 0.6 is 0 Å². The molecule has 0 radical (unpaired) electrons. The van der Waals surface area contributed by atoms with Crippen LogP contribution in [0.5, 0.6) is 0 Å². The number of benzene rings is 3. The van der Waals surface area contributed by atoms with Gasteiger partial charge in [-0.2, -0.15) is 0 Å². The molecule has 1 saturated heterocycles. The maximum Gasteiger partial charge on any atom is 0.410 e. The lowest BCUT2D eigenvalue weighted by molar-refractivity contribution is -0.144. The number of fused-ring (bicyclic) bond motifs is 1. The highest BCUT2D eigenvalue weighted by Gasteiger charge is 2.51. The number of carbonyl (C=O) groups is 2. The molecule has 48 heavy (non-hydrogen) atoms. The number of rotatable bonds is 8. The van der Waals surface area contributed by atoms with Gasteiger partial charge in [0.15, 0.2) is 6.10 Å². The first-order chi connectivity index (χ1) is 22.5. The lowest BCUT2D eigenvalue weighted by atomic mass is 9.92. The Balaban J connectivity index is 1.42. The van der Waals surface area contributed by atoms with Crippen LogP contribution in [0.2, 0.25) is 5.04 Å². The Morgan fingerprint density at radius 1 is 0.896 bits per heavy atom. The average Bonchev–Trinajstić information content (AvgIpc) is 3.52. The van der Waals surface area contributed by atoms with Gasteiger partial charge in [-0.15, -0.1) is 0 Å². The smallest absolute Gasteiger partial charge is 0.410 e. The van der Waals surface area contributed by atoms with Crippen molar-refractivity contribution in [1.82, 2.24) is 10.2 Å². The van der Waals surface area contributed by atoms with Gasteiger partial charge in [-0.1, -0.05) is 87.5 Å². The van der Waals surface area contributed by atoms with Gasteiger partial charge in [-0.05, 0) is 62.2 Å². The van der Waals surface area contributed by atoms with E-state index in [-0.39, 0.29) is 24.8 Å². The summed E-state index contributed by atoms with van der Waals surface area (Å²) in [5.74, 6) is -0.816. The summed E-state index contributed by atoms with van der Waals surface area (Å²) in [6.45, 7) is 15.9. The highest BCUT2D eigenvalue weighted by atomic mass is 28.4. The van der Waals surface area contributed by atoms with Crippen LogP contribution in [0.4, 0.5) is 9.18 Å². The SMILES string of the molecule is CC(C)(C)OC(=O)N1C[C@@H](C(=O)NC(C)(C)c2ccc(F)c3ccoc23)OC[C@H]1CO[Si](c1ccccc1)(c1ccccc1)C(C)(C)C. The number of nitrogens with one attached hydrogen (secondary N) is 1. The molecule has 0 spiro atoms. The molecule has 2 atom stereocenters.